The van der Waals surface area contributed by atoms with Crippen LogP contribution in [0.2, 0.25) is 0 Å². The van der Waals surface area contributed by atoms with Crippen molar-refractivity contribution in [2.24, 2.45) is 0 Å². The molecule has 0 aliphatic rings. The monoisotopic (exact) mass is 90.0 g/mol. The maximum atomic E-state index is 10.8. The van der Waals surface area contributed by atoms with E-state index in [4.69, 9.17) is 0 Å². The van der Waals surface area contributed by atoms with Gasteiger partial charge in [0.15, 0.2) is 0 Å². The molecule has 0 spiro atoms. The van der Waals surface area contributed by atoms with Crippen LogP contribution in [0.4, 0.5) is 8.78 Å². The summed E-state index contributed by atoms with van der Waals surface area (Å²) in [6, 6.07) is 0. The molecule has 2 heteroatoms. The van der Waals surface area contributed by atoms with Gasteiger partial charge >= 0.3 is 0 Å². The van der Waals surface area contributed by atoms with Gasteiger partial charge in [0.25, 0.3) is 0 Å². The van der Waals surface area contributed by atoms with Gasteiger partial charge in [-0.3, -0.25) is 0 Å². The van der Waals surface area contributed by atoms with E-state index in [9.17, 15) is 8.78 Å². The van der Waals surface area contributed by atoms with Crippen molar-refractivity contribution in [3.63, 3.8) is 0 Å². The predicted octanol–water partition coefficient (Wildman–Crippen LogP) is 1.95. The third-order valence-electron chi connectivity index (χ3n) is 0.257. The molecule has 0 aromatic carbocycles. The molecule has 6 heavy (non-hydrogen) atoms. The van der Waals surface area contributed by atoms with Crippen LogP contribution in [0, 0.1) is 0 Å². The highest BCUT2D eigenvalue weighted by Crippen LogP contribution is 1.75. The van der Waals surface area contributed by atoms with Crippen LogP contribution < -0.4 is 0 Å². The molecule has 0 N–H and O–H groups in total. The van der Waals surface area contributed by atoms with E-state index in [0.29, 0.717) is 0 Å². The zero-order valence-corrected chi connectivity index (χ0v) is 3.07. The highest BCUT2D eigenvalue weighted by Gasteiger charge is 1.54. The van der Waals surface area contributed by atoms with Crippen molar-refractivity contribution in [2.75, 3.05) is 0 Å². The van der Waals surface area contributed by atoms with E-state index in [-0.39, 0.29) is 12.7 Å². The molecule has 0 rings (SSSR count). The molecule has 0 nitrogen and oxygen atoms in total. The molecule has 0 atom stereocenters. The van der Waals surface area contributed by atoms with Gasteiger partial charge in [-0.2, -0.15) is 0 Å². The van der Waals surface area contributed by atoms with Gasteiger partial charge in [0, 0.05) is 0 Å². The molecule has 0 radical (unpaired) electrons. The first-order valence-electron chi connectivity index (χ1n) is 1.44. The molecule has 0 saturated heterocycles. The lowest BCUT2D eigenvalue weighted by Gasteiger charge is -1.57. The Morgan fingerprint density at radius 1 is 0.833 bits per heavy atom. The van der Waals surface area contributed by atoms with Gasteiger partial charge in [-0.25, -0.2) is 8.78 Å². The van der Waals surface area contributed by atoms with E-state index >= 15 is 0 Å². The highest BCUT2D eigenvalue weighted by molar-refractivity contribution is 4.94. The van der Waals surface area contributed by atoms with Crippen molar-refractivity contribution < 1.29 is 8.78 Å². The molecule has 0 aliphatic carbocycles. The minimum atomic E-state index is 0.260. The molecule has 0 amide bonds. The molecule has 0 aromatic rings. The second-order valence-corrected chi connectivity index (χ2v) is 0.637. The summed E-state index contributed by atoms with van der Waals surface area (Å²) in [5.41, 5.74) is 0. The lowest BCUT2D eigenvalue weighted by Crippen LogP contribution is -1.36. The summed E-state index contributed by atoms with van der Waals surface area (Å²) < 4.78 is 21.6. The Morgan fingerprint density at radius 3 is 1.33 bits per heavy atom. The van der Waals surface area contributed by atoms with Crippen molar-refractivity contribution in [1.82, 2.24) is 0 Å². The Morgan fingerprint density at radius 2 is 1.17 bits per heavy atom. The Bertz CT molecular complexity index is 53.9. The Labute approximate surface area is 34.8 Å². The molecule has 0 heterocycles. The Kier molecular flexibility index (Phi) is 3.86. The fourth-order valence-corrected chi connectivity index (χ4v) is 0.0840. The van der Waals surface area contributed by atoms with E-state index in [1.807, 2.05) is 0 Å². The third kappa shape index (κ3) is 3.34. The average Bonchev–Trinajstić information content (AvgIpc) is 1.61. The number of rotatable bonds is 1. The normalized spacial score (nSPS) is 11.7. The second-order valence-electron chi connectivity index (χ2n) is 0.637. The molecule has 0 fully saturated rings. The minimum absolute atomic E-state index is 0.260. The maximum absolute atomic E-state index is 10.8. The lowest BCUT2D eigenvalue weighted by atomic mass is 10.6. The van der Waals surface area contributed by atoms with Crippen LogP contribution in [-0.2, 0) is 0 Å². The van der Waals surface area contributed by atoms with Crippen LogP contribution in [0.1, 0.15) is 0 Å². The van der Waals surface area contributed by atoms with Crippen LogP contribution in [0.25, 0.3) is 0 Å². The minimum Gasteiger partial charge on any atom is -0.216 e. The number of hydrogen-bond donors (Lipinski definition) is 0. The first-order chi connectivity index (χ1) is 2.91. The number of halogens is 2. The van der Waals surface area contributed by atoms with Crippen LogP contribution in [0.5, 0.6) is 0 Å². The lowest BCUT2D eigenvalue weighted by molar-refractivity contribution is 0.712. The van der Waals surface area contributed by atoms with E-state index < -0.39 is 0 Å². The standard InChI is InChI=1S/C4H4F2/c5-3-1-2-4-6/h1-4H/b3-1-,4-2-. The SMILES string of the molecule is F/C=C\C=C/F. The van der Waals surface area contributed by atoms with Gasteiger partial charge in [0.05, 0.1) is 12.7 Å². The van der Waals surface area contributed by atoms with E-state index in [2.05, 4.69) is 0 Å². The maximum Gasteiger partial charge on any atom is 0.0867 e. The fourth-order valence-electron chi connectivity index (χ4n) is 0.0840. The average molecular weight is 90.1 g/mol. The van der Waals surface area contributed by atoms with E-state index in [1.165, 1.54) is 0 Å². The number of hydrogen-bond acceptors (Lipinski definition) is 0. The number of allylic oxidation sites excluding steroid dienone is 2. The van der Waals surface area contributed by atoms with E-state index in [1.54, 1.807) is 0 Å². The summed E-state index contributed by atoms with van der Waals surface area (Å²) in [7, 11) is 0. The Hall–Kier alpha value is -0.660. The zero-order valence-electron chi connectivity index (χ0n) is 3.07. The summed E-state index contributed by atoms with van der Waals surface area (Å²) in [6.07, 6.45) is 2.44. The van der Waals surface area contributed by atoms with Gasteiger partial charge in [-0.05, 0) is 12.2 Å². The summed E-state index contributed by atoms with van der Waals surface area (Å²) in [4.78, 5) is 0. The largest absolute Gasteiger partial charge is 0.216 e. The molecule has 0 saturated carbocycles. The Balaban J connectivity index is 3.07. The van der Waals surface area contributed by atoms with Crippen molar-refractivity contribution >= 4 is 0 Å². The zero-order chi connectivity index (χ0) is 4.83. The van der Waals surface area contributed by atoms with Gasteiger partial charge in [0.1, 0.15) is 0 Å². The van der Waals surface area contributed by atoms with Crippen molar-refractivity contribution in [3.05, 3.63) is 24.8 Å². The molecule has 0 aliphatic heterocycles. The fraction of sp³-hybridized carbons (Fsp3) is 0. The van der Waals surface area contributed by atoms with Gasteiger partial charge < -0.3 is 0 Å². The first kappa shape index (κ1) is 5.34. The van der Waals surface area contributed by atoms with Crippen molar-refractivity contribution in [3.8, 4) is 0 Å². The first-order valence-corrected chi connectivity index (χ1v) is 1.44. The molecule has 0 unspecified atom stereocenters. The molecule has 0 bridgehead atoms. The molecular weight excluding hydrogens is 86.0 g/mol. The quantitative estimate of drug-likeness (QED) is 0.432. The molecule has 34 valence electrons. The van der Waals surface area contributed by atoms with Crippen molar-refractivity contribution in [1.29, 1.82) is 0 Å². The molecular formula is C4H4F2. The second kappa shape index (κ2) is 4.34. The van der Waals surface area contributed by atoms with Crippen LogP contribution in [-0.4, -0.2) is 0 Å². The topological polar surface area (TPSA) is 0 Å². The van der Waals surface area contributed by atoms with Crippen LogP contribution in [0.3, 0.4) is 0 Å². The summed E-state index contributed by atoms with van der Waals surface area (Å²) in [5, 5.41) is 0. The summed E-state index contributed by atoms with van der Waals surface area (Å²) in [6.45, 7) is 0. The van der Waals surface area contributed by atoms with Crippen LogP contribution >= 0.6 is 0 Å². The summed E-state index contributed by atoms with van der Waals surface area (Å²) in [5.74, 6) is 0. The van der Waals surface area contributed by atoms with Gasteiger partial charge in [-0.1, -0.05) is 0 Å². The summed E-state index contributed by atoms with van der Waals surface area (Å²) >= 11 is 0. The molecule has 0 aromatic heterocycles. The highest BCUT2D eigenvalue weighted by atomic mass is 19.1. The third-order valence-corrected chi connectivity index (χ3v) is 0.257. The van der Waals surface area contributed by atoms with Gasteiger partial charge in [-0.15, -0.1) is 0 Å². The smallest absolute Gasteiger partial charge is 0.0867 e. The predicted molar refractivity (Wildman–Crippen MR) is 20.5 cm³/mol. The van der Waals surface area contributed by atoms with Gasteiger partial charge in [0.2, 0.25) is 0 Å². The van der Waals surface area contributed by atoms with Crippen molar-refractivity contribution in [2.45, 2.75) is 0 Å². The van der Waals surface area contributed by atoms with Crippen LogP contribution in [0.15, 0.2) is 24.8 Å². The van der Waals surface area contributed by atoms with E-state index in [0.717, 1.165) is 12.2 Å².